The first-order valence-electron chi connectivity index (χ1n) is 8.81. The van der Waals surface area contributed by atoms with Crippen molar-refractivity contribution in [3.63, 3.8) is 0 Å². The Bertz CT molecular complexity index is 1140. The molecule has 0 bridgehead atoms. The number of benzene rings is 1. The molecule has 0 unspecified atom stereocenters. The maximum absolute atomic E-state index is 5.18. The van der Waals surface area contributed by atoms with Gasteiger partial charge in [-0.25, -0.2) is 19.5 Å². The molecule has 0 fully saturated rings. The Morgan fingerprint density at radius 3 is 2.71 bits per heavy atom. The van der Waals surface area contributed by atoms with Crippen LogP contribution in [0, 0.1) is 6.92 Å². The van der Waals surface area contributed by atoms with Gasteiger partial charge >= 0.3 is 0 Å². The monoisotopic (exact) mass is 375 g/mol. The number of imidazole rings is 1. The van der Waals surface area contributed by atoms with Gasteiger partial charge < -0.3 is 15.0 Å². The van der Waals surface area contributed by atoms with E-state index in [9.17, 15) is 0 Å². The Balaban J connectivity index is 1.68. The SMILES string of the molecule is COc1ccc2nc(-c3ccc(C)c(Nc4cc(N(C)C)ncn4)c3)cn2n1. The minimum Gasteiger partial charge on any atom is -0.480 e. The third-order valence-corrected chi connectivity index (χ3v) is 4.41. The number of ether oxygens (including phenoxy) is 1. The number of nitrogens with one attached hydrogen (secondary N) is 1. The fraction of sp³-hybridized carbons (Fsp3) is 0.200. The van der Waals surface area contributed by atoms with Crippen LogP contribution in [0.15, 0.2) is 48.9 Å². The van der Waals surface area contributed by atoms with E-state index in [1.807, 2.05) is 43.4 Å². The van der Waals surface area contributed by atoms with Crippen LogP contribution in [0.2, 0.25) is 0 Å². The molecule has 4 aromatic rings. The number of fused-ring (bicyclic) bond motifs is 1. The normalized spacial score (nSPS) is 10.9. The van der Waals surface area contributed by atoms with Crippen LogP contribution < -0.4 is 15.0 Å². The zero-order valence-electron chi connectivity index (χ0n) is 16.2. The van der Waals surface area contributed by atoms with Crippen molar-refractivity contribution in [2.45, 2.75) is 6.92 Å². The third-order valence-electron chi connectivity index (χ3n) is 4.41. The van der Waals surface area contributed by atoms with Gasteiger partial charge in [-0.15, -0.1) is 5.10 Å². The smallest absolute Gasteiger partial charge is 0.231 e. The molecule has 8 heteroatoms. The summed E-state index contributed by atoms with van der Waals surface area (Å²) >= 11 is 0. The van der Waals surface area contributed by atoms with E-state index in [4.69, 9.17) is 4.74 Å². The van der Waals surface area contributed by atoms with Crippen molar-refractivity contribution >= 4 is 23.0 Å². The van der Waals surface area contributed by atoms with Gasteiger partial charge in [0.2, 0.25) is 5.88 Å². The van der Waals surface area contributed by atoms with Crippen molar-refractivity contribution in [1.82, 2.24) is 24.6 Å². The van der Waals surface area contributed by atoms with Crippen LogP contribution in [-0.2, 0) is 0 Å². The molecule has 0 saturated carbocycles. The van der Waals surface area contributed by atoms with Gasteiger partial charge in [0.25, 0.3) is 0 Å². The summed E-state index contributed by atoms with van der Waals surface area (Å²) in [4.78, 5) is 15.2. The largest absolute Gasteiger partial charge is 0.480 e. The Hall–Kier alpha value is -3.68. The van der Waals surface area contributed by atoms with Gasteiger partial charge in [0, 0.05) is 37.5 Å². The summed E-state index contributed by atoms with van der Waals surface area (Å²) in [6, 6.07) is 11.8. The summed E-state index contributed by atoms with van der Waals surface area (Å²) in [7, 11) is 5.49. The lowest BCUT2D eigenvalue weighted by molar-refractivity contribution is 0.390. The first-order chi connectivity index (χ1) is 13.5. The summed E-state index contributed by atoms with van der Waals surface area (Å²) < 4.78 is 6.90. The van der Waals surface area contributed by atoms with Gasteiger partial charge in [-0.05, 0) is 24.6 Å². The van der Waals surface area contributed by atoms with Crippen LogP contribution in [0.5, 0.6) is 5.88 Å². The molecule has 0 aliphatic rings. The minimum absolute atomic E-state index is 0.545. The topological polar surface area (TPSA) is 80.5 Å². The highest BCUT2D eigenvalue weighted by Gasteiger charge is 2.10. The van der Waals surface area contributed by atoms with Crippen LogP contribution in [0.4, 0.5) is 17.3 Å². The molecule has 0 aliphatic heterocycles. The molecule has 8 nitrogen and oxygen atoms in total. The van der Waals surface area contributed by atoms with E-state index in [-0.39, 0.29) is 0 Å². The molecule has 0 radical (unpaired) electrons. The molecule has 3 aromatic heterocycles. The summed E-state index contributed by atoms with van der Waals surface area (Å²) in [6.07, 6.45) is 3.44. The van der Waals surface area contributed by atoms with E-state index < -0.39 is 0 Å². The maximum atomic E-state index is 5.18. The van der Waals surface area contributed by atoms with Crippen LogP contribution in [0.1, 0.15) is 5.56 Å². The second kappa shape index (κ2) is 7.15. The molecule has 0 amide bonds. The highest BCUT2D eigenvalue weighted by atomic mass is 16.5. The number of rotatable bonds is 5. The second-order valence-electron chi connectivity index (χ2n) is 6.62. The minimum atomic E-state index is 0.545. The Morgan fingerprint density at radius 2 is 1.93 bits per heavy atom. The van der Waals surface area contributed by atoms with Gasteiger partial charge in [0.1, 0.15) is 18.0 Å². The Kier molecular flexibility index (Phi) is 4.52. The Morgan fingerprint density at radius 1 is 1.07 bits per heavy atom. The number of anilines is 3. The molecule has 142 valence electrons. The van der Waals surface area contributed by atoms with Crippen molar-refractivity contribution in [3.05, 3.63) is 54.5 Å². The van der Waals surface area contributed by atoms with Crippen LogP contribution in [0.3, 0.4) is 0 Å². The highest BCUT2D eigenvalue weighted by Crippen LogP contribution is 2.27. The van der Waals surface area contributed by atoms with Gasteiger partial charge in [-0.1, -0.05) is 12.1 Å². The van der Waals surface area contributed by atoms with Crippen LogP contribution in [-0.4, -0.2) is 45.8 Å². The number of hydrogen-bond acceptors (Lipinski definition) is 7. The first-order valence-corrected chi connectivity index (χ1v) is 8.81. The molecular weight excluding hydrogens is 354 g/mol. The molecule has 0 aliphatic carbocycles. The van der Waals surface area contributed by atoms with Crippen molar-refractivity contribution in [1.29, 1.82) is 0 Å². The lowest BCUT2D eigenvalue weighted by atomic mass is 10.1. The summed E-state index contributed by atoms with van der Waals surface area (Å²) in [5.41, 5.74) is 4.65. The summed E-state index contributed by atoms with van der Waals surface area (Å²) in [5, 5.41) is 7.75. The maximum Gasteiger partial charge on any atom is 0.231 e. The predicted octanol–water partition coefficient (Wildman–Crippen LogP) is 3.31. The zero-order valence-corrected chi connectivity index (χ0v) is 16.2. The molecule has 1 aromatic carbocycles. The van der Waals surface area contributed by atoms with Crippen molar-refractivity contribution in [2.24, 2.45) is 0 Å². The summed E-state index contributed by atoms with van der Waals surface area (Å²) in [5.74, 6) is 2.12. The van der Waals surface area contributed by atoms with Gasteiger partial charge in [0.15, 0.2) is 5.65 Å². The molecule has 3 heterocycles. The summed E-state index contributed by atoms with van der Waals surface area (Å²) in [6.45, 7) is 2.05. The lowest BCUT2D eigenvalue weighted by Gasteiger charge is -2.14. The highest BCUT2D eigenvalue weighted by molar-refractivity contribution is 5.72. The molecule has 28 heavy (non-hydrogen) atoms. The van der Waals surface area contributed by atoms with E-state index in [0.717, 1.165) is 39.8 Å². The van der Waals surface area contributed by atoms with Crippen molar-refractivity contribution in [3.8, 4) is 17.1 Å². The predicted molar refractivity (Wildman–Crippen MR) is 109 cm³/mol. The second-order valence-corrected chi connectivity index (χ2v) is 6.62. The zero-order chi connectivity index (χ0) is 19.7. The van der Waals surface area contributed by atoms with Gasteiger partial charge in [-0.3, -0.25) is 0 Å². The van der Waals surface area contributed by atoms with E-state index in [1.54, 1.807) is 24.0 Å². The number of aromatic nitrogens is 5. The van der Waals surface area contributed by atoms with E-state index in [2.05, 4.69) is 44.4 Å². The van der Waals surface area contributed by atoms with Crippen molar-refractivity contribution in [2.75, 3.05) is 31.4 Å². The van der Waals surface area contributed by atoms with Crippen molar-refractivity contribution < 1.29 is 4.74 Å². The third kappa shape index (κ3) is 3.44. The molecule has 4 rings (SSSR count). The number of aryl methyl sites for hydroxylation is 1. The van der Waals surface area contributed by atoms with Gasteiger partial charge in [0.05, 0.1) is 19.0 Å². The lowest BCUT2D eigenvalue weighted by Crippen LogP contribution is -2.11. The number of hydrogen-bond donors (Lipinski definition) is 1. The average Bonchev–Trinajstić information content (AvgIpc) is 3.13. The van der Waals surface area contributed by atoms with E-state index in [1.165, 1.54) is 0 Å². The van der Waals surface area contributed by atoms with E-state index >= 15 is 0 Å². The molecule has 0 saturated heterocycles. The fourth-order valence-electron chi connectivity index (χ4n) is 2.83. The van der Waals surface area contributed by atoms with Crippen LogP contribution in [0.25, 0.3) is 16.9 Å². The Labute approximate surface area is 162 Å². The number of methoxy groups -OCH3 is 1. The standard InChI is InChI=1S/C20H21N7O/c1-13-5-6-14(16-11-27-18(24-16)7-8-20(25-27)28-4)9-15(13)23-17-10-19(26(2)3)22-12-21-17/h5-12H,1-4H3,(H,21,22,23). The first kappa shape index (κ1) is 17.7. The molecule has 0 atom stereocenters. The number of nitrogens with zero attached hydrogens (tertiary/aromatic N) is 6. The van der Waals surface area contributed by atoms with Crippen LogP contribution >= 0.6 is 0 Å². The quantitative estimate of drug-likeness (QED) is 0.573. The molecule has 1 N–H and O–H groups in total. The molecule has 0 spiro atoms. The van der Waals surface area contributed by atoms with E-state index in [0.29, 0.717) is 5.88 Å². The average molecular weight is 375 g/mol. The fourth-order valence-corrected chi connectivity index (χ4v) is 2.83. The van der Waals surface area contributed by atoms with Gasteiger partial charge in [-0.2, -0.15) is 0 Å². The molecular formula is C20H21N7O.